The van der Waals surface area contributed by atoms with Crippen molar-refractivity contribution in [3.05, 3.63) is 28.5 Å². The molecule has 5 heteroatoms. The van der Waals surface area contributed by atoms with Crippen LogP contribution in [0.4, 0.5) is 4.39 Å². The van der Waals surface area contributed by atoms with E-state index in [1.807, 2.05) is 0 Å². The summed E-state index contributed by atoms with van der Waals surface area (Å²) in [5.41, 5.74) is 0.215. The number of nitrogens with one attached hydrogen (secondary N) is 1. The summed E-state index contributed by atoms with van der Waals surface area (Å²) < 4.78 is 22.7. The molecule has 0 radical (unpaired) electrons. The van der Waals surface area contributed by atoms with Gasteiger partial charge in [0.25, 0.3) is 0 Å². The Morgan fingerprint density at radius 3 is 3.00 bits per heavy atom. The van der Waals surface area contributed by atoms with Crippen molar-refractivity contribution in [3.8, 4) is 5.75 Å². The van der Waals surface area contributed by atoms with E-state index >= 15 is 0 Å². The number of hydrogen-bond acceptors (Lipinski definition) is 3. The van der Waals surface area contributed by atoms with Crippen molar-refractivity contribution < 1.29 is 13.5 Å². The number of rotatable bonds is 1. The van der Waals surface area contributed by atoms with Crippen LogP contribution in [0.3, 0.4) is 0 Å². The number of ether oxygens (including phenoxy) is 1. The van der Waals surface area contributed by atoms with E-state index in [4.69, 9.17) is 4.74 Å². The molecule has 2 aromatic rings. The highest BCUT2D eigenvalue weighted by Crippen LogP contribution is 2.23. The van der Waals surface area contributed by atoms with Crippen molar-refractivity contribution in [1.82, 2.24) is 4.98 Å². The van der Waals surface area contributed by atoms with Crippen LogP contribution in [-0.2, 0) is 0 Å². The number of fused-ring (bicyclic) bond motifs is 1. The molecule has 1 heterocycles. The SMILES string of the molecule is COc1ccc2oc(=O)[nH]c2c1F. The lowest BCUT2D eigenvalue weighted by Crippen LogP contribution is -1.94. The van der Waals surface area contributed by atoms with Gasteiger partial charge in [0, 0.05) is 0 Å². The number of aromatic nitrogens is 1. The smallest absolute Gasteiger partial charge is 0.417 e. The first-order valence-corrected chi connectivity index (χ1v) is 3.57. The summed E-state index contributed by atoms with van der Waals surface area (Å²) in [6, 6.07) is 2.86. The van der Waals surface area contributed by atoms with Crippen molar-refractivity contribution in [2.24, 2.45) is 0 Å². The Labute approximate surface area is 71.9 Å². The Morgan fingerprint density at radius 2 is 2.31 bits per heavy atom. The van der Waals surface area contributed by atoms with Gasteiger partial charge in [0.15, 0.2) is 17.1 Å². The Kier molecular flexibility index (Phi) is 1.58. The first-order chi connectivity index (χ1) is 6.22. The van der Waals surface area contributed by atoms with Crippen molar-refractivity contribution in [2.45, 2.75) is 0 Å². The van der Waals surface area contributed by atoms with Crippen molar-refractivity contribution in [1.29, 1.82) is 0 Å². The van der Waals surface area contributed by atoms with Gasteiger partial charge in [-0.05, 0) is 12.1 Å². The fraction of sp³-hybridized carbons (Fsp3) is 0.125. The molecule has 4 nitrogen and oxygen atoms in total. The van der Waals surface area contributed by atoms with E-state index in [9.17, 15) is 9.18 Å². The largest absolute Gasteiger partial charge is 0.494 e. The number of methoxy groups -OCH3 is 1. The minimum absolute atomic E-state index is 0.0318. The van der Waals surface area contributed by atoms with Gasteiger partial charge in [0.2, 0.25) is 0 Å². The van der Waals surface area contributed by atoms with E-state index in [-0.39, 0.29) is 16.8 Å². The van der Waals surface area contributed by atoms with Crippen molar-refractivity contribution in [3.63, 3.8) is 0 Å². The summed E-state index contributed by atoms with van der Waals surface area (Å²) in [7, 11) is 1.35. The molecule has 0 fully saturated rings. The molecule has 0 aliphatic rings. The molecule has 68 valence electrons. The van der Waals surface area contributed by atoms with Crippen LogP contribution in [0.25, 0.3) is 11.1 Å². The summed E-state index contributed by atoms with van der Waals surface area (Å²) >= 11 is 0. The minimum Gasteiger partial charge on any atom is -0.494 e. The van der Waals surface area contributed by atoms with Crippen LogP contribution in [0.1, 0.15) is 0 Å². The molecular formula is C8H6FNO3. The lowest BCUT2D eigenvalue weighted by molar-refractivity contribution is 0.388. The van der Waals surface area contributed by atoms with Crippen molar-refractivity contribution in [2.75, 3.05) is 7.11 Å². The fourth-order valence-corrected chi connectivity index (χ4v) is 1.13. The maximum atomic E-state index is 13.3. The topological polar surface area (TPSA) is 55.2 Å². The molecule has 13 heavy (non-hydrogen) atoms. The third-order valence-corrected chi connectivity index (χ3v) is 1.72. The maximum Gasteiger partial charge on any atom is 0.417 e. The Balaban J connectivity index is 2.85. The second-order valence-electron chi connectivity index (χ2n) is 2.47. The average molecular weight is 183 g/mol. The minimum atomic E-state index is -0.679. The molecule has 0 saturated heterocycles. The first-order valence-electron chi connectivity index (χ1n) is 3.57. The van der Waals surface area contributed by atoms with E-state index in [1.54, 1.807) is 0 Å². The Bertz CT molecular complexity index is 500. The second-order valence-corrected chi connectivity index (χ2v) is 2.47. The highest BCUT2D eigenvalue weighted by Gasteiger charge is 2.11. The van der Waals surface area contributed by atoms with E-state index in [2.05, 4.69) is 9.40 Å². The molecule has 0 saturated carbocycles. The molecule has 0 bridgehead atoms. The van der Waals surface area contributed by atoms with E-state index < -0.39 is 11.6 Å². The molecule has 1 N–H and O–H groups in total. The number of aromatic amines is 1. The van der Waals surface area contributed by atoms with Crippen LogP contribution >= 0.6 is 0 Å². The van der Waals surface area contributed by atoms with E-state index in [0.717, 1.165) is 0 Å². The Morgan fingerprint density at radius 1 is 1.54 bits per heavy atom. The number of benzene rings is 1. The molecule has 0 unspecified atom stereocenters. The number of halogens is 1. The molecule has 1 aromatic carbocycles. The van der Waals surface area contributed by atoms with Crippen LogP contribution < -0.4 is 10.5 Å². The van der Waals surface area contributed by atoms with Gasteiger partial charge in [-0.25, -0.2) is 9.18 Å². The zero-order chi connectivity index (χ0) is 9.42. The van der Waals surface area contributed by atoms with Crippen molar-refractivity contribution >= 4 is 11.1 Å². The third kappa shape index (κ3) is 1.09. The monoisotopic (exact) mass is 183 g/mol. The standard InChI is InChI=1S/C8H6FNO3/c1-12-4-2-3-5-7(6(4)9)10-8(11)13-5/h2-3H,1H3,(H,10,11). The summed E-state index contributed by atoms with van der Waals surface area (Å²) in [5.74, 6) is -1.22. The number of hydrogen-bond donors (Lipinski definition) is 1. The van der Waals surface area contributed by atoms with Gasteiger partial charge in [-0.3, -0.25) is 4.98 Å². The quantitative estimate of drug-likeness (QED) is 0.724. The molecular weight excluding hydrogens is 177 g/mol. The molecule has 0 spiro atoms. The van der Waals surface area contributed by atoms with Gasteiger partial charge in [0.05, 0.1) is 7.11 Å². The Hall–Kier alpha value is -1.78. The van der Waals surface area contributed by atoms with E-state index in [1.165, 1.54) is 19.2 Å². The maximum absolute atomic E-state index is 13.3. The van der Waals surface area contributed by atoms with Crippen LogP contribution in [0.2, 0.25) is 0 Å². The summed E-state index contributed by atoms with van der Waals surface area (Å²) in [6.45, 7) is 0. The van der Waals surface area contributed by atoms with Gasteiger partial charge in [-0.1, -0.05) is 0 Å². The number of H-pyrrole nitrogens is 1. The predicted octanol–water partition coefficient (Wildman–Crippen LogP) is 1.27. The normalized spacial score (nSPS) is 10.6. The average Bonchev–Trinajstić information content (AvgIpc) is 2.47. The summed E-state index contributed by atoms with van der Waals surface area (Å²) in [4.78, 5) is 12.9. The zero-order valence-corrected chi connectivity index (χ0v) is 6.76. The van der Waals surface area contributed by atoms with Crippen LogP contribution in [0.15, 0.2) is 21.3 Å². The summed E-state index contributed by atoms with van der Waals surface area (Å²) in [6.07, 6.45) is 0. The molecule has 0 amide bonds. The van der Waals surface area contributed by atoms with Gasteiger partial charge in [0.1, 0.15) is 5.52 Å². The van der Waals surface area contributed by atoms with Crippen LogP contribution in [0, 0.1) is 5.82 Å². The van der Waals surface area contributed by atoms with Crippen LogP contribution in [-0.4, -0.2) is 12.1 Å². The first kappa shape index (κ1) is 7.85. The molecule has 0 aliphatic carbocycles. The lowest BCUT2D eigenvalue weighted by Gasteiger charge is -1.99. The second kappa shape index (κ2) is 2.62. The highest BCUT2D eigenvalue weighted by molar-refractivity contribution is 5.74. The molecule has 2 rings (SSSR count). The van der Waals surface area contributed by atoms with Crippen LogP contribution in [0.5, 0.6) is 5.75 Å². The van der Waals surface area contributed by atoms with E-state index in [0.29, 0.717) is 0 Å². The molecule has 1 aromatic heterocycles. The highest BCUT2D eigenvalue weighted by atomic mass is 19.1. The predicted molar refractivity (Wildman–Crippen MR) is 43.3 cm³/mol. The zero-order valence-electron chi connectivity index (χ0n) is 6.76. The number of oxazole rings is 1. The van der Waals surface area contributed by atoms with Gasteiger partial charge < -0.3 is 9.15 Å². The van der Waals surface area contributed by atoms with Gasteiger partial charge in [-0.15, -0.1) is 0 Å². The van der Waals surface area contributed by atoms with Gasteiger partial charge in [-0.2, -0.15) is 0 Å². The lowest BCUT2D eigenvalue weighted by atomic mass is 10.3. The third-order valence-electron chi connectivity index (χ3n) is 1.72. The molecule has 0 aliphatic heterocycles. The summed E-state index contributed by atoms with van der Waals surface area (Å²) in [5, 5.41) is 0. The fourth-order valence-electron chi connectivity index (χ4n) is 1.13. The van der Waals surface area contributed by atoms with Gasteiger partial charge >= 0.3 is 5.76 Å². The molecule has 0 atom stereocenters.